The van der Waals surface area contributed by atoms with Crippen molar-refractivity contribution in [1.82, 2.24) is 0 Å². The van der Waals surface area contributed by atoms with Crippen molar-refractivity contribution < 1.29 is 9.59 Å². The third-order valence-corrected chi connectivity index (χ3v) is 4.41. The quantitative estimate of drug-likeness (QED) is 0.797. The predicted octanol–water partition coefficient (Wildman–Crippen LogP) is 3.10. The number of imide groups is 1. The van der Waals surface area contributed by atoms with Crippen LogP contribution < -0.4 is 4.90 Å². The number of nitrogens with zero attached hydrogens (tertiary/aromatic N) is 1. The van der Waals surface area contributed by atoms with Gasteiger partial charge in [0.05, 0.1) is 11.6 Å². The number of para-hydroxylation sites is 1. The van der Waals surface area contributed by atoms with E-state index >= 15 is 0 Å². The van der Waals surface area contributed by atoms with Crippen molar-refractivity contribution in [3.8, 4) is 0 Å². The highest BCUT2D eigenvalue weighted by atomic mass is 32.2. The molecule has 2 rings (SSSR count). The largest absolute Gasteiger partial charge is 0.274 e. The van der Waals surface area contributed by atoms with Crippen LogP contribution in [-0.4, -0.2) is 22.3 Å². The molecular formula is C15H19NO2S. The van der Waals surface area contributed by atoms with Crippen LogP contribution in [-0.2, 0) is 9.59 Å². The highest BCUT2D eigenvalue weighted by Gasteiger charge is 2.39. The fourth-order valence-electron chi connectivity index (χ4n) is 2.02. The first-order valence-electron chi connectivity index (χ1n) is 6.44. The minimum atomic E-state index is -0.183. The lowest BCUT2D eigenvalue weighted by atomic mass is 10.1. The highest BCUT2D eigenvalue weighted by molar-refractivity contribution is 8.00. The van der Waals surface area contributed by atoms with Gasteiger partial charge in [0.1, 0.15) is 0 Å². The van der Waals surface area contributed by atoms with E-state index < -0.39 is 0 Å². The maximum Gasteiger partial charge on any atom is 0.238 e. The van der Waals surface area contributed by atoms with Gasteiger partial charge in [-0.3, -0.25) is 14.5 Å². The Balaban J connectivity index is 2.09. The molecule has 1 atom stereocenters. The van der Waals surface area contributed by atoms with Crippen molar-refractivity contribution in [2.24, 2.45) is 5.92 Å². The second-order valence-corrected chi connectivity index (χ2v) is 7.57. The second kappa shape index (κ2) is 5.37. The molecule has 1 aliphatic heterocycles. The molecule has 1 aromatic carbocycles. The van der Waals surface area contributed by atoms with E-state index in [9.17, 15) is 9.59 Å². The van der Waals surface area contributed by atoms with Gasteiger partial charge in [-0.05, 0) is 12.1 Å². The van der Waals surface area contributed by atoms with Crippen LogP contribution in [0.2, 0.25) is 0 Å². The van der Waals surface area contributed by atoms with E-state index in [1.165, 1.54) is 4.90 Å². The summed E-state index contributed by atoms with van der Waals surface area (Å²) in [6.07, 6.45) is 0.330. The Kier molecular flexibility index (Phi) is 3.99. The van der Waals surface area contributed by atoms with E-state index in [0.29, 0.717) is 17.9 Å². The predicted molar refractivity (Wildman–Crippen MR) is 79.3 cm³/mol. The molecular weight excluding hydrogens is 258 g/mol. The van der Waals surface area contributed by atoms with Gasteiger partial charge in [0.2, 0.25) is 11.8 Å². The normalized spacial score (nSPS) is 20.2. The van der Waals surface area contributed by atoms with Gasteiger partial charge in [-0.2, -0.15) is 11.8 Å². The molecule has 3 nitrogen and oxygen atoms in total. The summed E-state index contributed by atoms with van der Waals surface area (Å²) in [6.45, 7) is 6.36. The number of amides is 2. The lowest BCUT2D eigenvalue weighted by Crippen LogP contribution is -2.31. The lowest BCUT2D eigenvalue weighted by molar-refractivity contribution is -0.122. The van der Waals surface area contributed by atoms with Gasteiger partial charge in [-0.25, -0.2) is 0 Å². The van der Waals surface area contributed by atoms with Gasteiger partial charge in [0.15, 0.2) is 0 Å². The molecule has 0 saturated carbocycles. The summed E-state index contributed by atoms with van der Waals surface area (Å²) in [5.74, 6) is 0.373. The summed E-state index contributed by atoms with van der Waals surface area (Å²) < 4.78 is 0.115. The Morgan fingerprint density at radius 3 is 2.42 bits per heavy atom. The van der Waals surface area contributed by atoms with Gasteiger partial charge in [0.25, 0.3) is 0 Å². The Morgan fingerprint density at radius 2 is 1.84 bits per heavy atom. The van der Waals surface area contributed by atoms with Crippen LogP contribution in [0.15, 0.2) is 30.3 Å². The van der Waals surface area contributed by atoms with Crippen molar-refractivity contribution >= 4 is 29.3 Å². The van der Waals surface area contributed by atoms with Gasteiger partial charge in [0, 0.05) is 16.9 Å². The number of benzene rings is 1. The van der Waals surface area contributed by atoms with Crippen LogP contribution in [0.3, 0.4) is 0 Å². The zero-order chi connectivity index (χ0) is 14.0. The number of carbonyl (C=O) groups excluding carboxylic acids is 2. The lowest BCUT2D eigenvalue weighted by Gasteiger charge is -2.19. The van der Waals surface area contributed by atoms with Crippen LogP contribution in [0, 0.1) is 5.92 Å². The summed E-state index contributed by atoms with van der Waals surface area (Å²) in [5.41, 5.74) is 0.681. The van der Waals surface area contributed by atoms with Crippen molar-refractivity contribution in [3.63, 3.8) is 0 Å². The van der Waals surface area contributed by atoms with Crippen LogP contribution in [0.4, 0.5) is 5.69 Å². The van der Waals surface area contributed by atoms with Gasteiger partial charge in [-0.15, -0.1) is 0 Å². The van der Waals surface area contributed by atoms with E-state index in [0.717, 1.165) is 0 Å². The zero-order valence-electron chi connectivity index (χ0n) is 11.6. The first kappa shape index (κ1) is 14.1. The van der Waals surface area contributed by atoms with Gasteiger partial charge >= 0.3 is 0 Å². The summed E-state index contributed by atoms with van der Waals surface area (Å²) in [5, 5.41) is 0. The Hall–Kier alpha value is -1.29. The molecule has 0 spiro atoms. The molecule has 4 heteroatoms. The molecule has 2 amide bonds. The molecule has 1 aliphatic rings. The summed E-state index contributed by atoms with van der Waals surface area (Å²) in [6, 6.07) is 9.16. The average molecular weight is 277 g/mol. The smallest absolute Gasteiger partial charge is 0.238 e. The fourth-order valence-corrected chi connectivity index (χ4v) is 2.99. The first-order valence-corrected chi connectivity index (χ1v) is 7.43. The summed E-state index contributed by atoms with van der Waals surface area (Å²) in [4.78, 5) is 25.7. The zero-order valence-corrected chi connectivity index (χ0v) is 12.4. The topological polar surface area (TPSA) is 37.4 Å². The Bertz CT molecular complexity index is 479. The monoisotopic (exact) mass is 277 g/mol. The molecule has 0 bridgehead atoms. The van der Waals surface area contributed by atoms with E-state index in [1.807, 2.05) is 18.2 Å². The molecule has 1 heterocycles. The van der Waals surface area contributed by atoms with Gasteiger partial charge < -0.3 is 0 Å². The van der Waals surface area contributed by atoms with Crippen molar-refractivity contribution in [3.05, 3.63) is 30.3 Å². The molecule has 0 unspecified atom stereocenters. The molecule has 102 valence electrons. The van der Waals surface area contributed by atoms with E-state index in [-0.39, 0.29) is 22.5 Å². The molecule has 0 aliphatic carbocycles. The average Bonchev–Trinajstić information content (AvgIpc) is 2.62. The van der Waals surface area contributed by atoms with Crippen molar-refractivity contribution in [2.75, 3.05) is 10.7 Å². The number of carbonyl (C=O) groups is 2. The SMILES string of the molecule is CC(C)(C)SC[C@H]1CC(=O)N(c2ccccc2)C1=O. The van der Waals surface area contributed by atoms with Crippen molar-refractivity contribution in [2.45, 2.75) is 31.9 Å². The van der Waals surface area contributed by atoms with Crippen LogP contribution in [0.1, 0.15) is 27.2 Å². The number of hydrogen-bond acceptors (Lipinski definition) is 3. The molecule has 0 aromatic heterocycles. The summed E-state index contributed by atoms with van der Waals surface area (Å²) in [7, 11) is 0. The van der Waals surface area contributed by atoms with E-state index in [4.69, 9.17) is 0 Å². The number of hydrogen-bond donors (Lipinski definition) is 0. The van der Waals surface area contributed by atoms with Crippen LogP contribution in [0.25, 0.3) is 0 Å². The molecule has 1 aromatic rings. The summed E-state index contributed by atoms with van der Waals surface area (Å²) >= 11 is 1.73. The number of thioether (sulfide) groups is 1. The minimum absolute atomic E-state index is 0.0621. The fraction of sp³-hybridized carbons (Fsp3) is 0.467. The van der Waals surface area contributed by atoms with Crippen molar-refractivity contribution in [1.29, 1.82) is 0 Å². The standard InChI is InChI=1S/C15H19NO2S/c1-15(2,3)19-10-11-9-13(17)16(14(11)18)12-7-5-4-6-8-12/h4-8,11H,9-10H2,1-3H3/t11-/m1/s1. The van der Waals surface area contributed by atoms with E-state index in [1.54, 1.807) is 23.9 Å². The molecule has 0 N–H and O–H groups in total. The van der Waals surface area contributed by atoms with Crippen LogP contribution in [0.5, 0.6) is 0 Å². The maximum atomic E-state index is 12.3. The number of rotatable bonds is 3. The Labute approximate surface area is 118 Å². The van der Waals surface area contributed by atoms with E-state index in [2.05, 4.69) is 20.8 Å². The highest BCUT2D eigenvalue weighted by Crippen LogP contribution is 2.32. The third kappa shape index (κ3) is 3.38. The third-order valence-electron chi connectivity index (χ3n) is 2.97. The maximum absolute atomic E-state index is 12.3. The Morgan fingerprint density at radius 1 is 1.21 bits per heavy atom. The first-order chi connectivity index (χ1) is 8.88. The molecule has 19 heavy (non-hydrogen) atoms. The van der Waals surface area contributed by atoms with Gasteiger partial charge in [-0.1, -0.05) is 39.0 Å². The molecule has 1 saturated heterocycles. The van der Waals surface area contributed by atoms with Crippen LogP contribution >= 0.6 is 11.8 Å². The number of anilines is 1. The second-order valence-electron chi connectivity index (χ2n) is 5.73. The molecule has 0 radical (unpaired) electrons. The molecule has 1 fully saturated rings. The minimum Gasteiger partial charge on any atom is -0.274 e.